The molecule has 0 aromatic heterocycles. The number of aliphatic hydroxyl groups excluding tert-OH is 2. The maximum Gasteiger partial charge on any atom is 0.472 e. The summed E-state index contributed by atoms with van der Waals surface area (Å²) in [6.07, 6.45) is 64.2. The van der Waals surface area contributed by atoms with Crippen LogP contribution in [-0.4, -0.2) is 66.3 Å². The fourth-order valence-electron chi connectivity index (χ4n) is 5.39. The standard InChI is InChI=1S/C52H83O9P/c1-3-5-7-9-11-13-15-17-19-21-22-23-24-25-26-27-29-31-33-35-37-39-41-43-45-58-48-51(49-60-62(56,57)59-47-50(54)46-53)61-52(55)44-42-40-38-36-34-32-30-28-20-18-16-14-12-10-8-6-4-2/h5-8,11-14,17-20,22-23,25-26,29-32,36,38,50-51,53-54H,3-4,9-10,15-16,21,24,27-28,33-35,37,39-49H2,1-2H3,(H,56,57)/b7-5-,8-6-,13-11-,14-12-,19-17-,20-18-,23-22-,26-25-,31-29-,32-30-,38-36-. The third kappa shape index (κ3) is 46.1. The van der Waals surface area contributed by atoms with Gasteiger partial charge in [-0.25, -0.2) is 4.57 Å². The molecule has 0 aromatic carbocycles. The minimum Gasteiger partial charge on any atom is -0.457 e. The minimum absolute atomic E-state index is 0.00244. The van der Waals surface area contributed by atoms with Gasteiger partial charge in [0.1, 0.15) is 12.2 Å². The first-order valence-electron chi connectivity index (χ1n) is 23.2. The molecule has 0 saturated heterocycles. The number of phosphoric acid groups is 1. The molecule has 0 rings (SSSR count). The van der Waals surface area contributed by atoms with Crippen molar-refractivity contribution in [3.8, 4) is 0 Å². The molecule has 3 unspecified atom stereocenters. The van der Waals surface area contributed by atoms with Crippen LogP contribution in [0.5, 0.6) is 0 Å². The predicted octanol–water partition coefficient (Wildman–Crippen LogP) is 13.4. The number of esters is 1. The maximum atomic E-state index is 12.6. The van der Waals surface area contributed by atoms with Gasteiger partial charge in [-0.15, -0.1) is 0 Å². The van der Waals surface area contributed by atoms with Gasteiger partial charge < -0.3 is 24.6 Å². The molecule has 0 amide bonds. The van der Waals surface area contributed by atoms with Crippen molar-refractivity contribution in [1.82, 2.24) is 0 Å². The fourth-order valence-corrected chi connectivity index (χ4v) is 6.18. The first kappa shape index (κ1) is 58.6. The largest absolute Gasteiger partial charge is 0.472 e. The van der Waals surface area contributed by atoms with Crippen molar-refractivity contribution >= 4 is 13.8 Å². The topological polar surface area (TPSA) is 132 Å². The van der Waals surface area contributed by atoms with E-state index in [0.717, 1.165) is 109 Å². The third-order valence-corrected chi connectivity index (χ3v) is 9.78. The quantitative estimate of drug-likeness (QED) is 0.0237. The van der Waals surface area contributed by atoms with Crippen LogP contribution in [0.25, 0.3) is 0 Å². The lowest BCUT2D eigenvalue weighted by molar-refractivity contribution is -0.154. The van der Waals surface area contributed by atoms with Crippen LogP contribution >= 0.6 is 7.82 Å². The zero-order valence-electron chi connectivity index (χ0n) is 38.3. The Morgan fingerprint density at radius 1 is 0.500 bits per heavy atom. The second-order valence-electron chi connectivity index (χ2n) is 14.7. The number of phosphoric ester groups is 1. The molecule has 0 aliphatic rings. The molecular weight excluding hydrogens is 800 g/mol. The number of ether oxygens (including phenoxy) is 2. The molecular formula is C52H83O9P. The molecule has 0 aliphatic heterocycles. The lowest BCUT2D eigenvalue weighted by Crippen LogP contribution is -2.29. The van der Waals surface area contributed by atoms with Gasteiger partial charge >= 0.3 is 13.8 Å². The molecule has 0 spiro atoms. The Hall–Kier alpha value is -3.40. The maximum absolute atomic E-state index is 12.6. The average molecular weight is 883 g/mol. The van der Waals surface area contributed by atoms with E-state index in [2.05, 4.69) is 141 Å². The summed E-state index contributed by atoms with van der Waals surface area (Å²) in [6.45, 7) is 3.12. The molecule has 0 saturated carbocycles. The normalized spacial score (nSPS) is 15.1. The van der Waals surface area contributed by atoms with E-state index in [9.17, 15) is 19.4 Å². The number of allylic oxidation sites excluding steroid dienone is 22. The van der Waals surface area contributed by atoms with Gasteiger partial charge in [0.15, 0.2) is 0 Å². The number of hydrogen-bond donors (Lipinski definition) is 3. The van der Waals surface area contributed by atoms with E-state index in [4.69, 9.17) is 23.6 Å². The number of carbonyl (C=O) groups excluding carboxylic acids is 1. The Kier molecular flexibility index (Phi) is 44.5. The van der Waals surface area contributed by atoms with E-state index in [-0.39, 0.29) is 13.0 Å². The second kappa shape index (κ2) is 47.1. The fraction of sp³-hybridized carbons (Fsp3) is 0.558. The Labute approximate surface area is 376 Å². The summed E-state index contributed by atoms with van der Waals surface area (Å²) in [6, 6.07) is 0. The molecule has 3 N–H and O–H groups in total. The highest BCUT2D eigenvalue weighted by molar-refractivity contribution is 7.47. The molecule has 10 heteroatoms. The van der Waals surface area contributed by atoms with Crippen molar-refractivity contribution in [1.29, 1.82) is 0 Å². The van der Waals surface area contributed by atoms with Crippen molar-refractivity contribution < 1.29 is 43.0 Å². The predicted molar refractivity (Wildman–Crippen MR) is 260 cm³/mol. The second-order valence-corrected chi connectivity index (χ2v) is 16.1. The molecule has 9 nitrogen and oxygen atoms in total. The van der Waals surface area contributed by atoms with E-state index < -0.39 is 45.8 Å². The van der Waals surface area contributed by atoms with Crippen LogP contribution in [0.4, 0.5) is 0 Å². The average Bonchev–Trinajstić information content (AvgIpc) is 3.26. The minimum atomic E-state index is -4.55. The van der Waals surface area contributed by atoms with Gasteiger partial charge in [-0.1, -0.05) is 167 Å². The van der Waals surface area contributed by atoms with E-state index in [0.29, 0.717) is 19.4 Å². The molecule has 0 fully saturated rings. The number of hydrogen-bond acceptors (Lipinski definition) is 8. The summed E-state index contributed by atoms with van der Waals surface area (Å²) in [4.78, 5) is 22.6. The number of rotatable bonds is 42. The van der Waals surface area contributed by atoms with Gasteiger partial charge in [0.25, 0.3) is 0 Å². The van der Waals surface area contributed by atoms with Crippen LogP contribution in [0.3, 0.4) is 0 Å². The van der Waals surface area contributed by atoms with E-state index in [1.165, 1.54) is 0 Å². The zero-order chi connectivity index (χ0) is 45.3. The molecule has 0 radical (unpaired) electrons. The number of aliphatic hydroxyl groups is 2. The highest BCUT2D eigenvalue weighted by Crippen LogP contribution is 2.43. The summed E-state index contributed by atoms with van der Waals surface area (Å²) in [5.74, 6) is -0.453. The van der Waals surface area contributed by atoms with Crippen LogP contribution < -0.4 is 0 Å². The summed E-state index contributed by atoms with van der Waals surface area (Å²) in [7, 11) is -4.55. The molecule has 350 valence electrons. The smallest absolute Gasteiger partial charge is 0.457 e. The van der Waals surface area contributed by atoms with Gasteiger partial charge in [0.2, 0.25) is 0 Å². The van der Waals surface area contributed by atoms with Gasteiger partial charge in [-0.05, 0) is 103 Å². The van der Waals surface area contributed by atoms with Crippen LogP contribution in [-0.2, 0) is 27.9 Å². The Balaban J connectivity index is 4.30. The van der Waals surface area contributed by atoms with Crippen molar-refractivity contribution in [2.45, 2.75) is 154 Å². The Bertz CT molecular complexity index is 1420. The summed E-state index contributed by atoms with van der Waals surface area (Å²) >= 11 is 0. The van der Waals surface area contributed by atoms with Crippen LogP contribution in [0.15, 0.2) is 134 Å². The van der Waals surface area contributed by atoms with Gasteiger partial charge in [0, 0.05) is 13.0 Å². The van der Waals surface area contributed by atoms with Crippen LogP contribution in [0, 0.1) is 0 Å². The number of carbonyl (C=O) groups is 1. The zero-order valence-corrected chi connectivity index (χ0v) is 39.2. The molecule has 62 heavy (non-hydrogen) atoms. The molecule has 0 aromatic rings. The van der Waals surface area contributed by atoms with E-state index in [1.54, 1.807) is 0 Å². The molecule has 0 heterocycles. The first-order valence-corrected chi connectivity index (χ1v) is 24.7. The third-order valence-electron chi connectivity index (χ3n) is 8.83. The summed E-state index contributed by atoms with van der Waals surface area (Å²) < 4.78 is 33.3. The van der Waals surface area contributed by atoms with E-state index in [1.807, 2.05) is 6.08 Å². The van der Waals surface area contributed by atoms with Crippen molar-refractivity contribution in [2.24, 2.45) is 0 Å². The highest BCUT2D eigenvalue weighted by atomic mass is 31.2. The molecule has 3 atom stereocenters. The molecule has 0 bridgehead atoms. The van der Waals surface area contributed by atoms with Crippen molar-refractivity contribution in [2.75, 3.05) is 33.0 Å². The van der Waals surface area contributed by atoms with Crippen molar-refractivity contribution in [3.05, 3.63) is 134 Å². The lowest BCUT2D eigenvalue weighted by Gasteiger charge is -2.20. The van der Waals surface area contributed by atoms with Crippen LogP contribution in [0.1, 0.15) is 142 Å². The Morgan fingerprint density at radius 2 is 0.871 bits per heavy atom. The monoisotopic (exact) mass is 883 g/mol. The Morgan fingerprint density at radius 3 is 1.31 bits per heavy atom. The van der Waals surface area contributed by atoms with Gasteiger partial charge in [-0.3, -0.25) is 13.8 Å². The van der Waals surface area contributed by atoms with Gasteiger partial charge in [-0.2, -0.15) is 0 Å². The number of unbranched alkanes of at least 4 members (excludes halogenated alkanes) is 6. The molecule has 0 aliphatic carbocycles. The summed E-state index contributed by atoms with van der Waals surface area (Å²) in [5.41, 5.74) is 0. The van der Waals surface area contributed by atoms with E-state index >= 15 is 0 Å². The summed E-state index contributed by atoms with van der Waals surface area (Å²) in [5, 5.41) is 18.4. The highest BCUT2D eigenvalue weighted by Gasteiger charge is 2.26. The first-order chi connectivity index (χ1) is 30.3. The lowest BCUT2D eigenvalue weighted by atomic mass is 10.1. The van der Waals surface area contributed by atoms with Crippen LogP contribution in [0.2, 0.25) is 0 Å². The van der Waals surface area contributed by atoms with Gasteiger partial charge in [0.05, 0.1) is 26.4 Å². The van der Waals surface area contributed by atoms with Crippen molar-refractivity contribution in [3.63, 3.8) is 0 Å². The SMILES string of the molecule is CC/C=C\C/C=C\C/C=C\C/C=C\C/C=C\C/C=C\CCCCCCCOCC(COP(=O)(O)OCC(O)CO)OC(=O)CCC/C=C\C/C=C\C/C=C\C/C=C\C/C=C\CC.